The minimum absolute atomic E-state index is 0.0163. The molecule has 0 unspecified atom stereocenters. The molecule has 4 heteroatoms. The Bertz CT molecular complexity index is 1100. The third-order valence-electron chi connectivity index (χ3n) is 6.06. The molecule has 1 aliphatic heterocycles. The van der Waals surface area contributed by atoms with E-state index in [1.807, 2.05) is 55.1 Å². The van der Waals surface area contributed by atoms with Crippen molar-refractivity contribution < 1.29 is 4.79 Å². The van der Waals surface area contributed by atoms with Crippen LogP contribution < -0.4 is 15.5 Å². The standard InChI is InChI=1S/C27H29N3O.C2H6/c1-18-9-11-22(12-10-18)20(3)29-19(2)17-27(25-7-5-6-8-26(25)29)30(21(4)31)24-15-13-23(28)14-16-24;1-2/h5-16,19,27H,3,17,28H2,1-2,4H3;1-2H3/t19-,27+;/m1./s1. The van der Waals surface area contributed by atoms with E-state index in [9.17, 15) is 4.79 Å². The summed E-state index contributed by atoms with van der Waals surface area (Å²) >= 11 is 0. The smallest absolute Gasteiger partial charge is 0.224 e. The van der Waals surface area contributed by atoms with Crippen LogP contribution in [-0.2, 0) is 4.79 Å². The van der Waals surface area contributed by atoms with E-state index in [-0.39, 0.29) is 18.0 Å². The quantitative estimate of drug-likeness (QED) is 0.445. The number of para-hydroxylation sites is 1. The van der Waals surface area contributed by atoms with Crippen molar-refractivity contribution in [3.05, 3.63) is 96.1 Å². The van der Waals surface area contributed by atoms with Crippen molar-refractivity contribution in [2.24, 2.45) is 0 Å². The molecule has 0 fully saturated rings. The van der Waals surface area contributed by atoms with Gasteiger partial charge in [0.1, 0.15) is 0 Å². The van der Waals surface area contributed by atoms with Gasteiger partial charge in [-0.2, -0.15) is 0 Å². The second-order valence-corrected chi connectivity index (χ2v) is 8.32. The zero-order valence-electron chi connectivity index (χ0n) is 20.4. The summed E-state index contributed by atoms with van der Waals surface area (Å²) in [5.41, 5.74) is 12.9. The first-order valence-corrected chi connectivity index (χ1v) is 11.7. The molecule has 0 aromatic heterocycles. The van der Waals surface area contributed by atoms with E-state index in [2.05, 4.69) is 61.7 Å². The third-order valence-corrected chi connectivity index (χ3v) is 6.06. The van der Waals surface area contributed by atoms with E-state index in [0.29, 0.717) is 5.69 Å². The fourth-order valence-electron chi connectivity index (χ4n) is 4.54. The number of aryl methyl sites for hydroxylation is 1. The molecule has 0 aliphatic carbocycles. The first kappa shape index (κ1) is 24.1. The van der Waals surface area contributed by atoms with Gasteiger partial charge in [-0.05, 0) is 61.7 Å². The first-order chi connectivity index (χ1) is 15.9. The molecular formula is C29H35N3O. The van der Waals surface area contributed by atoms with E-state index in [1.165, 1.54) is 5.56 Å². The fourth-order valence-corrected chi connectivity index (χ4v) is 4.54. The summed E-state index contributed by atoms with van der Waals surface area (Å²) in [7, 11) is 0. The summed E-state index contributed by atoms with van der Waals surface area (Å²) in [5.74, 6) is 0.0163. The van der Waals surface area contributed by atoms with Crippen molar-refractivity contribution in [3.8, 4) is 0 Å². The summed E-state index contributed by atoms with van der Waals surface area (Å²) in [6.45, 7) is 14.3. The van der Waals surface area contributed by atoms with Crippen molar-refractivity contribution in [3.63, 3.8) is 0 Å². The number of nitrogen functional groups attached to an aromatic ring is 1. The van der Waals surface area contributed by atoms with E-state index < -0.39 is 0 Å². The van der Waals surface area contributed by atoms with Gasteiger partial charge in [0.15, 0.2) is 0 Å². The molecule has 1 aliphatic rings. The van der Waals surface area contributed by atoms with Gasteiger partial charge in [-0.15, -0.1) is 0 Å². The first-order valence-electron chi connectivity index (χ1n) is 11.7. The van der Waals surface area contributed by atoms with E-state index >= 15 is 0 Å². The Balaban J connectivity index is 0.00000149. The number of benzene rings is 3. The Labute approximate surface area is 198 Å². The molecule has 3 aromatic carbocycles. The molecule has 0 saturated heterocycles. The zero-order valence-corrected chi connectivity index (χ0v) is 20.4. The Morgan fingerprint density at radius 3 is 2.21 bits per heavy atom. The van der Waals surface area contributed by atoms with Crippen molar-refractivity contribution in [1.29, 1.82) is 0 Å². The summed E-state index contributed by atoms with van der Waals surface area (Å²) in [5, 5.41) is 0. The SMILES string of the molecule is C=C(c1ccc(C)cc1)N1c2ccccc2[C@@H](N(C(C)=O)c2ccc(N)cc2)C[C@H]1C.CC. The lowest BCUT2D eigenvalue weighted by Crippen LogP contribution is -2.44. The predicted molar refractivity (Wildman–Crippen MR) is 141 cm³/mol. The number of carbonyl (C=O) groups excluding carboxylic acids is 1. The Morgan fingerprint density at radius 1 is 1.00 bits per heavy atom. The number of nitrogens with zero attached hydrogens (tertiary/aromatic N) is 2. The molecule has 3 aromatic rings. The number of fused-ring (bicyclic) bond motifs is 1. The van der Waals surface area contributed by atoms with Crippen LogP contribution in [0.5, 0.6) is 0 Å². The summed E-state index contributed by atoms with van der Waals surface area (Å²) in [4.78, 5) is 17.0. The minimum atomic E-state index is -0.0607. The van der Waals surface area contributed by atoms with Gasteiger partial charge < -0.3 is 15.5 Å². The van der Waals surface area contributed by atoms with Gasteiger partial charge in [-0.1, -0.05) is 68.5 Å². The number of rotatable bonds is 4. The van der Waals surface area contributed by atoms with Crippen LogP contribution in [0, 0.1) is 6.92 Å². The lowest BCUT2D eigenvalue weighted by Gasteiger charge is -2.45. The number of anilines is 3. The number of carbonyl (C=O) groups is 1. The normalized spacial score (nSPS) is 16.8. The monoisotopic (exact) mass is 441 g/mol. The van der Waals surface area contributed by atoms with Crippen LogP contribution in [0.15, 0.2) is 79.4 Å². The third kappa shape index (κ3) is 4.95. The van der Waals surface area contributed by atoms with E-state index in [0.717, 1.165) is 34.6 Å². The lowest BCUT2D eigenvalue weighted by atomic mass is 9.89. The molecule has 172 valence electrons. The summed E-state index contributed by atoms with van der Waals surface area (Å²) in [6, 6.07) is 24.4. The molecule has 2 atom stereocenters. The Morgan fingerprint density at radius 2 is 1.61 bits per heavy atom. The molecule has 0 bridgehead atoms. The zero-order chi connectivity index (χ0) is 24.1. The molecule has 0 saturated carbocycles. The van der Waals surface area contributed by atoms with Crippen LogP contribution in [0.1, 0.15) is 56.8 Å². The van der Waals surface area contributed by atoms with Gasteiger partial charge in [-0.25, -0.2) is 0 Å². The molecular weight excluding hydrogens is 406 g/mol. The van der Waals surface area contributed by atoms with Crippen LogP contribution in [0.25, 0.3) is 5.70 Å². The second-order valence-electron chi connectivity index (χ2n) is 8.32. The van der Waals surface area contributed by atoms with Crippen molar-refractivity contribution in [2.75, 3.05) is 15.5 Å². The highest BCUT2D eigenvalue weighted by molar-refractivity contribution is 5.93. The molecule has 4 nitrogen and oxygen atoms in total. The number of nitrogens with two attached hydrogens (primary N) is 1. The topological polar surface area (TPSA) is 49.6 Å². The molecule has 33 heavy (non-hydrogen) atoms. The molecule has 4 rings (SSSR count). The van der Waals surface area contributed by atoms with Crippen LogP contribution in [0.4, 0.5) is 17.1 Å². The highest BCUT2D eigenvalue weighted by Gasteiger charge is 2.36. The average Bonchev–Trinajstić information content (AvgIpc) is 2.82. The van der Waals surface area contributed by atoms with Gasteiger partial charge in [0, 0.05) is 35.7 Å². The largest absolute Gasteiger partial charge is 0.399 e. The second kappa shape index (κ2) is 10.4. The number of hydrogen-bond acceptors (Lipinski definition) is 3. The van der Waals surface area contributed by atoms with Gasteiger partial charge in [0.25, 0.3) is 0 Å². The van der Waals surface area contributed by atoms with E-state index in [1.54, 1.807) is 6.92 Å². The van der Waals surface area contributed by atoms with Gasteiger partial charge >= 0.3 is 0 Å². The fraction of sp³-hybridized carbons (Fsp3) is 0.276. The number of hydrogen-bond donors (Lipinski definition) is 1. The summed E-state index contributed by atoms with van der Waals surface area (Å²) < 4.78 is 0. The predicted octanol–water partition coefficient (Wildman–Crippen LogP) is 6.97. The van der Waals surface area contributed by atoms with Crippen molar-refractivity contribution in [1.82, 2.24) is 0 Å². The maximum atomic E-state index is 12.8. The maximum absolute atomic E-state index is 12.8. The van der Waals surface area contributed by atoms with Crippen LogP contribution >= 0.6 is 0 Å². The van der Waals surface area contributed by atoms with Gasteiger partial charge in [0.05, 0.1) is 6.04 Å². The molecule has 0 spiro atoms. The van der Waals surface area contributed by atoms with Crippen LogP contribution in [0.3, 0.4) is 0 Å². The van der Waals surface area contributed by atoms with Gasteiger partial charge in [-0.3, -0.25) is 4.79 Å². The van der Waals surface area contributed by atoms with Crippen molar-refractivity contribution >= 4 is 28.7 Å². The average molecular weight is 442 g/mol. The van der Waals surface area contributed by atoms with Crippen LogP contribution in [-0.4, -0.2) is 11.9 Å². The minimum Gasteiger partial charge on any atom is -0.399 e. The number of amides is 1. The van der Waals surface area contributed by atoms with Crippen molar-refractivity contribution in [2.45, 2.75) is 53.1 Å². The lowest BCUT2D eigenvalue weighted by molar-refractivity contribution is -0.117. The Kier molecular flexibility index (Phi) is 7.59. The molecule has 1 amide bonds. The Hall–Kier alpha value is -3.53. The highest BCUT2D eigenvalue weighted by atomic mass is 16.2. The van der Waals surface area contributed by atoms with E-state index in [4.69, 9.17) is 5.73 Å². The molecule has 1 heterocycles. The molecule has 2 N–H and O–H groups in total. The van der Waals surface area contributed by atoms with Crippen LogP contribution in [0.2, 0.25) is 0 Å². The maximum Gasteiger partial charge on any atom is 0.224 e. The van der Waals surface area contributed by atoms with Gasteiger partial charge in [0.2, 0.25) is 5.91 Å². The molecule has 0 radical (unpaired) electrons. The highest BCUT2D eigenvalue weighted by Crippen LogP contribution is 2.44. The summed E-state index contributed by atoms with van der Waals surface area (Å²) in [6.07, 6.45) is 0.797.